The van der Waals surface area contributed by atoms with Crippen LogP contribution in [0.3, 0.4) is 0 Å². The van der Waals surface area contributed by atoms with E-state index in [0.29, 0.717) is 25.6 Å². The van der Waals surface area contributed by atoms with Gasteiger partial charge in [0.05, 0.1) is 6.04 Å². The first-order chi connectivity index (χ1) is 12.9. The van der Waals surface area contributed by atoms with Gasteiger partial charge in [-0.15, -0.1) is 0 Å². The van der Waals surface area contributed by atoms with Crippen LogP contribution in [0, 0.1) is 5.92 Å². The average molecular weight is 374 g/mol. The summed E-state index contributed by atoms with van der Waals surface area (Å²) in [5.41, 5.74) is 2.54. The molecule has 1 aromatic rings. The van der Waals surface area contributed by atoms with Gasteiger partial charge >= 0.3 is 6.03 Å². The van der Waals surface area contributed by atoms with Crippen molar-refractivity contribution in [3.8, 4) is 0 Å². The molecule has 0 bridgehead atoms. The van der Waals surface area contributed by atoms with E-state index in [1.807, 2.05) is 11.0 Å². The van der Waals surface area contributed by atoms with Gasteiger partial charge < -0.3 is 15.1 Å². The third kappa shape index (κ3) is 5.98. The first-order valence-electron chi connectivity index (χ1n) is 10.3. The predicted molar refractivity (Wildman–Crippen MR) is 110 cm³/mol. The number of nitrogens with one attached hydrogen (secondary N) is 1. The summed E-state index contributed by atoms with van der Waals surface area (Å²) in [6.45, 7) is 10.6. The summed E-state index contributed by atoms with van der Waals surface area (Å²) in [6.07, 6.45) is 3.77. The Morgan fingerprint density at radius 3 is 2.74 bits per heavy atom. The number of benzene rings is 1. The Hall–Kier alpha value is -2.04. The minimum absolute atomic E-state index is 0.0337. The normalized spacial score (nSPS) is 16.2. The van der Waals surface area contributed by atoms with Crippen LogP contribution in [0.15, 0.2) is 24.3 Å². The van der Waals surface area contributed by atoms with Gasteiger partial charge in [-0.1, -0.05) is 51.5 Å². The number of urea groups is 1. The van der Waals surface area contributed by atoms with E-state index in [1.165, 1.54) is 11.1 Å². The highest BCUT2D eigenvalue weighted by molar-refractivity contribution is 5.84. The minimum Gasteiger partial charge on any atom is -0.338 e. The first kappa shape index (κ1) is 21.3. The molecule has 3 amide bonds. The summed E-state index contributed by atoms with van der Waals surface area (Å²) in [5.74, 6) is 0.526. The van der Waals surface area contributed by atoms with E-state index < -0.39 is 0 Å². The number of fused-ring (bicyclic) bond motifs is 1. The van der Waals surface area contributed by atoms with Crippen LogP contribution in [-0.4, -0.2) is 47.9 Å². The van der Waals surface area contributed by atoms with Crippen molar-refractivity contribution in [1.29, 1.82) is 0 Å². The molecule has 27 heavy (non-hydrogen) atoms. The minimum atomic E-state index is -0.123. The van der Waals surface area contributed by atoms with E-state index in [4.69, 9.17) is 0 Å². The van der Waals surface area contributed by atoms with E-state index in [9.17, 15) is 9.59 Å². The van der Waals surface area contributed by atoms with Crippen molar-refractivity contribution in [2.75, 3.05) is 26.2 Å². The summed E-state index contributed by atoms with van der Waals surface area (Å²) in [4.78, 5) is 29.2. The molecule has 2 rings (SSSR count). The standard InChI is InChI=1S/C22H35N3O2/c1-5-6-13-23-22(27)24(14-11-17(2)3)16-21(26)25-15-12-19-9-7-8-10-20(19)18(25)4/h7-10,17-18H,5-6,11-16H2,1-4H3,(H,23,27). The zero-order valence-corrected chi connectivity index (χ0v) is 17.3. The summed E-state index contributed by atoms with van der Waals surface area (Å²) in [5, 5.41) is 2.96. The Balaban J connectivity index is 2.02. The van der Waals surface area contributed by atoms with Crippen LogP contribution in [0.25, 0.3) is 0 Å². The molecule has 0 aromatic heterocycles. The van der Waals surface area contributed by atoms with Crippen LogP contribution in [0.1, 0.15) is 64.1 Å². The Kier molecular flexibility index (Phi) is 8.14. The van der Waals surface area contributed by atoms with Crippen molar-refractivity contribution in [2.24, 2.45) is 5.92 Å². The number of rotatable bonds is 8. The molecule has 0 saturated heterocycles. The van der Waals surface area contributed by atoms with E-state index in [1.54, 1.807) is 4.90 Å². The van der Waals surface area contributed by atoms with E-state index in [-0.39, 0.29) is 24.5 Å². The van der Waals surface area contributed by atoms with Crippen LogP contribution in [0.4, 0.5) is 4.79 Å². The fraction of sp³-hybridized carbons (Fsp3) is 0.636. The van der Waals surface area contributed by atoms with Crippen molar-refractivity contribution >= 4 is 11.9 Å². The molecule has 5 nitrogen and oxygen atoms in total. The summed E-state index contributed by atoms with van der Waals surface area (Å²) < 4.78 is 0. The zero-order valence-electron chi connectivity index (χ0n) is 17.3. The number of hydrogen-bond acceptors (Lipinski definition) is 2. The average Bonchev–Trinajstić information content (AvgIpc) is 2.65. The van der Waals surface area contributed by atoms with Crippen molar-refractivity contribution in [2.45, 2.75) is 59.4 Å². The van der Waals surface area contributed by atoms with Gasteiger partial charge in [-0.05, 0) is 43.2 Å². The molecule has 1 N–H and O–H groups in total. The lowest BCUT2D eigenvalue weighted by molar-refractivity contribution is -0.134. The molecule has 150 valence electrons. The first-order valence-corrected chi connectivity index (χ1v) is 10.3. The monoisotopic (exact) mass is 373 g/mol. The fourth-order valence-corrected chi connectivity index (χ4v) is 3.52. The largest absolute Gasteiger partial charge is 0.338 e. The van der Waals surface area contributed by atoms with Crippen LogP contribution in [0.2, 0.25) is 0 Å². The van der Waals surface area contributed by atoms with Crippen LogP contribution < -0.4 is 5.32 Å². The number of unbranched alkanes of at least 4 members (excludes halogenated alkanes) is 1. The molecule has 5 heteroatoms. The Morgan fingerprint density at radius 1 is 1.30 bits per heavy atom. The molecule has 1 unspecified atom stereocenters. The van der Waals surface area contributed by atoms with Crippen molar-refractivity contribution in [3.05, 3.63) is 35.4 Å². The molecule has 0 fully saturated rings. The predicted octanol–water partition coefficient (Wildman–Crippen LogP) is 3.99. The van der Waals surface area contributed by atoms with Gasteiger partial charge in [0.15, 0.2) is 0 Å². The van der Waals surface area contributed by atoms with Gasteiger partial charge in [0.2, 0.25) is 5.91 Å². The second-order valence-corrected chi connectivity index (χ2v) is 7.90. The molecule has 1 aliphatic heterocycles. The highest BCUT2D eigenvalue weighted by Gasteiger charge is 2.29. The second-order valence-electron chi connectivity index (χ2n) is 7.90. The summed E-state index contributed by atoms with van der Waals surface area (Å²) in [7, 11) is 0. The molecular weight excluding hydrogens is 338 g/mol. The zero-order chi connectivity index (χ0) is 19.8. The second kappa shape index (κ2) is 10.3. The van der Waals surface area contributed by atoms with Gasteiger partial charge in [0.25, 0.3) is 0 Å². The maximum atomic E-state index is 13.0. The number of nitrogens with zero attached hydrogens (tertiary/aromatic N) is 2. The van der Waals surface area contributed by atoms with Gasteiger partial charge in [-0.3, -0.25) is 4.79 Å². The molecule has 1 atom stereocenters. The molecule has 0 radical (unpaired) electrons. The molecule has 1 heterocycles. The lowest BCUT2D eigenvalue weighted by atomic mass is 9.93. The molecular formula is C22H35N3O2. The van der Waals surface area contributed by atoms with Gasteiger partial charge in [0.1, 0.15) is 6.54 Å². The highest BCUT2D eigenvalue weighted by atomic mass is 16.2. The highest BCUT2D eigenvalue weighted by Crippen LogP contribution is 2.29. The fourth-order valence-electron chi connectivity index (χ4n) is 3.52. The lowest BCUT2D eigenvalue weighted by Crippen LogP contribution is -2.49. The van der Waals surface area contributed by atoms with Gasteiger partial charge in [0, 0.05) is 19.6 Å². The third-order valence-corrected chi connectivity index (χ3v) is 5.31. The number of hydrogen-bond donors (Lipinski definition) is 1. The Bertz CT molecular complexity index is 630. The van der Waals surface area contributed by atoms with Crippen LogP contribution >= 0.6 is 0 Å². The maximum absolute atomic E-state index is 13.0. The van der Waals surface area contributed by atoms with Crippen molar-refractivity contribution in [1.82, 2.24) is 15.1 Å². The van der Waals surface area contributed by atoms with E-state index >= 15 is 0 Å². The number of carbonyl (C=O) groups is 2. The third-order valence-electron chi connectivity index (χ3n) is 5.31. The topological polar surface area (TPSA) is 52.7 Å². The molecule has 0 aliphatic carbocycles. The summed E-state index contributed by atoms with van der Waals surface area (Å²) >= 11 is 0. The SMILES string of the molecule is CCCCNC(=O)N(CCC(C)C)CC(=O)N1CCc2ccccc2C1C. The van der Waals surface area contributed by atoms with Crippen LogP contribution in [-0.2, 0) is 11.2 Å². The number of amides is 3. The maximum Gasteiger partial charge on any atom is 0.317 e. The quantitative estimate of drug-likeness (QED) is 0.701. The van der Waals surface area contributed by atoms with E-state index in [0.717, 1.165) is 25.7 Å². The molecule has 1 aliphatic rings. The van der Waals surface area contributed by atoms with E-state index in [2.05, 4.69) is 51.2 Å². The van der Waals surface area contributed by atoms with Crippen LogP contribution in [0.5, 0.6) is 0 Å². The Labute approximate surface area is 164 Å². The molecule has 1 aromatic carbocycles. The van der Waals surface area contributed by atoms with Crippen molar-refractivity contribution in [3.63, 3.8) is 0 Å². The number of carbonyl (C=O) groups excluding carboxylic acids is 2. The van der Waals surface area contributed by atoms with Gasteiger partial charge in [-0.2, -0.15) is 0 Å². The lowest BCUT2D eigenvalue weighted by Gasteiger charge is -2.36. The summed E-state index contributed by atoms with van der Waals surface area (Å²) in [6, 6.07) is 8.26. The Morgan fingerprint density at radius 2 is 2.04 bits per heavy atom. The smallest absolute Gasteiger partial charge is 0.317 e. The van der Waals surface area contributed by atoms with Crippen molar-refractivity contribution < 1.29 is 9.59 Å². The van der Waals surface area contributed by atoms with Gasteiger partial charge in [-0.25, -0.2) is 4.79 Å². The molecule has 0 saturated carbocycles. The molecule has 0 spiro atoms.